The summed E-state index contributed by atoms with van der Waals surface area (Å²) in [6.07, 6.45) is 14.0. The molecule has 0 aromatic rings. The minimum absolute atomic E-state index is 0.0120. The molecule has 0 aliphatic heterocycles. The van der Waals surface area contributed by atoms with Gasteiger partial charge in [0.1, 0.15) is 19.0 Å². The molecule has 1 aliphatic rings. The van der Waals surface area contributed by atoms with Crippen LogP contribution >= 0.6 is 0 Å². The first-order valence-electron chi connectivity index (χ1n) is 14.4. The summed E-state index contributed by atoms with van der Waals surface area (Å²) in [7, 11) is 0. The molecule has 0 radical (unpaired) electrons. The largest absolute Gasteiger partial charge is 0.508 e. The summed E-state index contributed by atoms with van der Waals surface area (Å²) in [6, 6.07) is 0. The summed E-state index contributed by atoms with van der Waals surface area (Å²) in [6.45, 7) is 4.56. The van der Waals surface area contributed by atoms with Gasteiger partial charge in [0.25, 0.3) is 0 Å². The Morgan fingerprint density at radius 2 is 1.54 bits per heavy atom. The van der Waals surface area contributed by atoms with Crippen LogP contribution in [0, 0.1) is 11.8 Å². The van der Waals surface area contributed by atoms with Crippen molar-refractivity contribution in [2.24, 2.45) is 11.8 Å². The number of aliphatic hydroxyl groups is 2. The first-order chi connectivity index (χ1) is 17.9. The Morgan fingerprint density at radius 1 is 0.892 bits per heavy atom. The summed E-state index contributed by atoms with van der Waals surface area (Å²) in [5.74, 6) is -0.673. The highest BCUT2D eigenvalue weighted by Gasteiger charge is 2.39. The number of unbranched alkanes of at least 4 members (excludes halogenated alkanes) is 8. The number of Topliss-reactive ketones (excluding diaryl/α,β-unsaturated/α-hetero) is 1. The third kappa shape index (κ3) is 15.8. The van der Waals surface area contributed by atoms with Crippen molar-refractivity contribution in [2.45, 2.75) is 122 Å². The van der Waals surface area contributed by atoms with Gasteiger partial charge in [0.05, 0.1) is 18.8 Å². The van der Waals surface area contributed by atoms with Gasteiger partial charge < -0.3 is 24.4 Å². The predicted octanol–water partition coefficient (Wildman–Crippen LogP) is 5.67. The monoisotopic (exact) mass is 526 g/mol. The molecule has 0 amide bonds. The average Bonchev–Trinajstić information content (AvgIpc) is 3.14. The van der Waals surface area contributed by atoms with Gasteiger partial charge in [-0.05, 0) is 25.7 Å². The van der Waals surface area contributed by atoms with Crippen molar-refractivity contribution in [1.82, 2.24) is 0 Å². The topological polar surface area (TPSA) is 119 Å². The second-order valence-electron chi connectivity index (χ2n) is 10.1. The van der Waals surface area contributed by atoms with E-state index in [0.29, 0.717) is 32.3 Å². The number of carbonyl (C=O) groups is 3. The van der Waals surface area contributed by atoms with Crippen LogP contribution in [0.15, 0.2) is 12.2 Å². The van der Waals surface area contributed by atoms with Gasteiger partial charge in [0.15, 0.2) is 0 Å². The molecule has 0 saturated heterocycles. The molecule has 0 unspecified atom stereocenters. The number of carbonyl (C=O) groups excluding carboxylic acids is 3. The third-order valence-electron chi connectivity index (χ3n) is 6.82. The highest BCUT2D eigenvalue weighted by Crippen LogP contribution is 2.34. The van der Waals surface area contributed by atoms with E-state index in [-0.39, 0.29) is 43.2 Å². The fraction of sp³-hybridized carbons (Fsp3) is 0.828. The van der Waals surface area contributed by atoms with Crippen LogP contribution in [-0.2, 0) is 23.8 Å². The molecule has 0 heterocycles. The Bertz CT molecular complexity index is 662. The maximum Gasteiger partial charge on any atom is 0.508 e. The quantitative estimate of drug-likeness (QED) is 0.112. The van der Waals surface area contributed by atoms with E-state index >= 15 is 0 Å². The summed E-state index contributed by atoms with van der Waals surface area (Å²) >= 11 is 0. The smallest absolute Gasteiger partial charge is 0.462 e. The Morgan fingerprint density at radius 3 is 2.30 bits per heavy atom. The van der Waals surface area contributed by atoms with Gasteiger partial charge in [-0.25, -0.2) is 4.79 Å². The van der Waals surface area contributed by atoms with E-state index in [0.717, 1.165) is 64.2 Å². The van der Waals surface area contributed by atoms with Crippen molar-refractivity contribution in [3.63, 3.8) is 0 Å². The molecule has 0 aromatic carbocycles. The zero-order valence-corrected chi connectivity index (χ0v) is 23.0. The molecule has 0 bridgehead atoms. The van der Waals surface area contributed by atoms with Crippen molar-refractivity contribution in [3.8, 4) is 0 Å². The summed E-state index contributed by atoms with van der Waals surface area (Å²) < 4.78 is 14.9. The Hall–Kier alpha value is -1.93. The molecular weight excluding hydrogens is 476 g/mol. The molecule has 0 spiro atoms. The lowest BCUT2D eigenvalue weighted by Crippen LogP contribution is -2.19. The second-order valence-corrected chi connectivity index (χ2v) is 10.1. The molecule has 1 rings (SSSR count). The lowest BCUT2D eigenvalue weighted by Gasteiger charge is -2.18. The number of ketones is 1. The lowest BCUT2D eigenvalue weighted by atomic mass is 9.88. The van der Waals surface area contributed by atoms with Crippen molar-refractivity contribution >= 4 is 17.9 Å². The lowest BCUT2D eigenvalue weighted by molar-refractivity contribution is -0.145. The van der Waals surface area contributed by atoms with Crippen LogP contribution in [0.1, 0.15) is 110 Å². The average molecular weight is 527 g/mol. The fourth-order valence-corrected chi connectivity index (χ4v) is 4.61. The summed E-state index contributed by atoms with van der Waals surface area (Å²) in [5, 5.41) is 20.4. The predicted molar refractivity (Wildman–Crippen MR) is 142 cm³/mol. The van der Waals surface area contributed by atoms with E-state index in [1.165, 1.54) is 0 Å². The Labute approximate surface area is 223 Å². The molecule has 0 aromatic heterocycles. The van der Waals surface area contributed by atoms with Gasteiger partial charge >= 0.3 is 12.1 Å². The molecule has 37 heavy (non-hydrogen) atoms. The van der Waals surface area contributed by atoms with Crippen LogP contribution in [0.2, 0.25) is 0 Å². The maximum absolute atomic E-state index is 12.4. The van der Waals surface area contributed by atoms with Gasteiger partial charge in [-0.15, -0.1) is 0 Å². The highest BCUT2D eigenvalue weighted by molar-refractivity contribution is 5.84. The van der Waals surface area contributed by atoms with Crippen molar-refractivity contribution < 1.29 is 38.8 Å². The van der Waals surface area contributed by atoms with E-state index in [9.17, 15) is 24.6 Å². The van der Waals surface area contributed by atoms with Crippen LogP contribution in [0.3, 0.4) is 0 Å². The van der Waals surface area contributed by atoms with E-state index in [1.807, 2.05) is 6.08 Å². The molecule has 2 N–H and O–H groups in total. The number of esters is 1. The van der Waals surface area contributed by atoms with Crippen LogP contribution in [0.5, 0.6) is 0 Å². The Balaban J connectivity index is 2.12. The van der Waals surface area contributed by atoms with Crippen LogP contribution in [0.25, 0.3) is 0 Å². The summed E-state index contributed by atoms with van der Waals surface area (Å²) in [5.41, 5.74) is 0. The number of ether oxygens (including phenoxy) is 3. The van der Waals surface area contributed by atoms with Gasteiger partial charge in [-0.3, -0.25) is 9.59 Å². The van der Waals surface area contributed by atoms with Crippen LogP contribution in [-0.4, -0.2) is 60.1 Å². The minimum Gasteiger partial charge on any atom is -0.462 e. The SMILES string of the molecule is CCCCCCOC(=O)OCCOC(=O)CCCCCC[C@H]1C(=O)C[C@@H](O)[C@@H]1/C=C/[C@@H](O)CCCCC. The normalized spacial score (nSPS) is 20.3. The van der Waals surface area contributed by atoms with Gasteiger partial charge in [-0.1, -0.05) is 83.8 Å². The van der Waals surface area contributed by atoms with Gasteiger partial charge in [-0.2, -0.15) is 0 Å². The van der Waals surface area contributed by atoms with E-state index < -0.39 is 18.4 Å². The molecule has 1 fully saturated rings. The molecule has 1 saturated carbocycles. The van der Waals surface area contributed by atoms with E-state index in [2.05, 4.69) is 13.8 Å². The number of hydrogen-bond acceptors (Lipinski definition) is 8. The van der Waals surface area contributed by atoms with E-state index in [4.69, 9.17) is 14.2 Å². The van der Waals surface area contributed by atoms with Crippen LogP contribution < -0.4 is 0 Å². The Kier molecular flexibility index (Phi) is 18.8. The maximum atomic E-state index is 12.4. The number of aliphatic hydroxyl groups excluding tert-OH is 2. The first kappa shape index (κ1) is 33.1. The minimum atomic E-state index is -0.735. The molecule has 8 heteroatoms. The van der Waals surface area contributed by atoms with E-state index in [1.54, 1.807) is 6.08 Å². The molecule has 214 valence electrons. The van der Waals surface area contributed by atoms with Crippen molar-refractivity contribution in [3.05, 3.63) is 12.2 Å². The zero-order valence-electron chi connectivity index (χ0n) is 23.0. The first-order valence-corrected chi connectivity index (χ1v) is 14.4. The zero-order chi connectivity index (χ0) is 27.3. The number of rotatable bonds is 21. The second kappa shape index (κ2) is 21.1. The molecule has 1 aliphatic carbocycles. The fourth-order valence-electron chi connectivity index (χ4n) is 4.61. The van der Waals surface area contributed by atoms with Crippen molar-refractivity contribution in [1.29, 1.82) is 0 Å². The number of hydrogen-bond donors (Lipinski definition) is 2. The third-order valence-corrected chi connectivity index (χ3v) is 6.82. The molecule has 4 atom stereocenters. The highest BCUT2D eigenvalue weighted by atomic mass is 16.7. The van der Waals surface area contributed by atoms with Gasteiger partial charge in [0, 0.05) is 24.7 Å². The molecule has 8 nitrogen and oxygen atoms in total. The standard InChI is InChI=1S/C29H50O8/c1-3-5-7-13-19-36-29(34)37-21-20-35-28(33)16-12-9-8-11-15-24-25(27(32)22-26(24)31)18-17-23(30)14-10-6-4-2/h17-18,23-25,27,30,32H,3-16,19-22H2,1-2H3/b18-17+/t23-,24+,25+,27+/m0/s1. The van der Waals surface area contributed by atoms with Crippen LogP contribution in [0.4, 0.5) is 4.79 Å². The van der Waals surface area contributed by atoms with Crippen molar-refractivity contribution in [2.75, 3.05) is 19.8 Å². The van der Waals surface area contributed by atoms with Gasteiger partial charge in [0.2, 0.25) is 0 Å². The molecular formula is C29H50O8. The summed E-state index contributed by atoms with van der Waals surface area (Å²) in [4.78, 5) is 35.6.